The first-order chi connectivity index (χ1) is 14.0. The SMILES string of the molecule is C[C@H](CC[C@H](C)C(C)(C)O)[C@H]1CC[C@H]2/C(=C/C=C3C[C@@H](O)C[C@H](O)C3)CCC[C@]12C. The van der Waals surface area contributed by atoms with Gasteiger partial charge in [0.05, 0.1) is 17.8 Å². The largest absolute Gasteiger partial charge is 0.393 e. The van der Waals surface area contributed by atoms with Crippen LogP contribution in [0.1, 0.15) is 98.8 Å². The van der Waals surface area contributed by atoms with Gasteiger partial charge in [-0.3, -0.25) is 0 Å². The van der Waals surface area contributed by atoms with E-state index in [1.807, 2.05) is 13.8 Å². The van der Waals surface area contributed by atoms with Gasteiger partial charge in [0.15, 0.2) is 0 Å². The minimum absolute atomic E-state index is 0.333. The monoisotopic (exact) mass is 418 g/mol. The summed E-state index contributed by atoms with van der Waals surface area (Å²) in [5, 5.41) is 30.2. The zero-order valence-corrected chi connectivity index (χ0v) is 20.0. The summed E-state index contributed by atoms with van der Waals surface area (Å²) in [5.74, 6) is 2.48. The number of hydrogen-bond donors (Lipinski definition) is 3. The van der Waals surface area contributed by atoms with E-state index in [4.69, 9.17) is 0 Å². The second kappa shape index (κ2) is 9.46. The Kier molecular flexibility index (Phi) is 7.58. The number of aliphatic hydroxyl groups is 3. The summed E-state index contributed by atoms with van der Waals surface area (Å²) in [6.45, 7) is 11.0. The van der Waals surface area contributed by atoms with Crippen LogP contribution < -0.4 is 0 Å². The van der Waals surface area contributed by atoms with E-state index in [0.717, 1.165) is 12.3 Å². The Balaban J connectivity index is 1.67. The molecule has 3 heteroatoms. The molecule has 3 saturated carbocycles. The molecule has 0 aromatic carbocycles. The van der Waals surface area contributed by atoms with Gasteiger partial charge in [-0.1, -0.05) is 50.5 Å². The van der Waals surface area contributed by atoms with Gasteiger partial charge in [0.1, 0.15) is 0 Å². The molecule has 3 nitrogen and oxygen atoms in total. The summed E-state index contributed by atoms with van der Waals surface area (Å²) >= 11 is 0. The average Bonchev–Trinajstić information content (AvgIpc) is 3.00. The van der Waals surface area contributed by atoms with E-state index < -0.39 is 17.8 Å². The van der Waals surface area contributed by atoms with E-state index >= 15 is 0 Å². The molecule has 0 bridgehead atoms. The van der Waals surface area contributed by atoms with Gasteiger partial charge in [-0.05, 0) is 101 Å². The van der Waals surface area contributed by atoms with Crippen LogP contribution in [-0.4, -0.2) is 33.1 Å². The molecule has 0 saturated heterocycles. The normalized spacial score (nSPS) is 38.4. The van der Waals surface area contributed by atoms with Crippen molar-refractivity contribution in [2.75, 3.05) is 0 Å². The van der Waals surface area contributed by atoms with Crippen LogP contribution in [-0.2, 0) is 0 Å². The molecule has 3 rings (SSSR count). The third-order valence-electron chi connectivity index (χ3n) is 9.06. The second-order valence-corrected chi connectivity index (χ2v) is 11.7. The molecule has 0 amide bonds. The van der Waals surface area contributed by atoms with Crippen molar-refractivity contribution in [2.24, 2.45) is 29.1 Å². The molecular weight excluding hydrogens is 372 g/mol. The van der Waals surface area contributed by atoms with E-state index in [1.54, 1.807) is 5.57 Å². The summed E-state index contributed by atoms with van der Waals surface area (Å²) in [7, 11) is 0. The van der Waals surface area contributed by atoms with Gasteiger partial charge in [-0.2, -0.15) is 0 Å². The van der Waals surface area contributed by atoms with E-state index in [0.29, 0.717) is 42.4 Å². The lowest BCUT2D eigenvalue weighted by Gasteiger charge is -2.44. The Bertz CT molecular complexity index is 631. The smallest absolute Gasteiger partial charge is 0.0617 e. The van der Waals surface area contributed by atoms with Gasteiger partial charge < -0.3 is 15.3 Å². The molecule has 3 fully saturated rings. The molecule has 0 heterocycles. The van der Waals surface area contributed by atoms with E-state index in [1.165, 1.54) is 44.1 Å². The van der Waals surface area contributed by atoms with Crippen LogP contribution in [0.4, 0.5) is 0 Å². The third-order valence-corrected chi connectivity index (χ3v) is 9.06. The zero-order chi connectivity index (χ0) is 22.1. The minimum Gasteiger partial charge on any atom is -0.393 e. The van der Waals surface area contributed by atoms with E-state index in [9.17, 15) is 15.3 Å². The fourth-order valence-electron chi connectivity index (χ4n) is 6.81. The molecule has 0 unspecified atom stereocenters. The first-order valence-corrected chi connectivity index (χ1v) is 12.5. The predicted octanol–water partition coefficient (Wildman–Crippen LogP) is 5.78. The van der Waals surface area contributed by atoms with Gasteiger partial charge >= 0.3 is 0 Å². The number of fused-ring (bicyclic) bond motifs is 1. The van der Waals surface area contributed by atoms with E-state index in [2.05, 4.69) is 32.9 Å². The highest BCUT2D eigenvalue weighted by molar-refractivity contribution is 5.26. The fourth-order valence-corrected chi connectivity index (χ4v) is 6.81. The number of rotatable bonds is 6. The lowest BCUT2D eigenvalue weighted by atomic mass is 9.60. The van der Waals surface area contributed by atoms with Crippen molar-refractivity contribution in [3.8, 4) is 0 Å². The summed E-state index contributed by atoms with van der Waals surface area (Å²) in [4.78, 5) is 0. The van der Waals surface area contributed by atoms with Crippen LogP contribution in [0.25, 0.3) is 0 Å². The van der Waals surface area contributed by atoms with Crippen LogP contribution in [0, 0.1) is 29.1 Å². The quantitative estimate of drug-likeness (QED) is 0.512. The van der Waals surface area contributed by atoms with Crippen molar-refractivity contribution in [3.63, 3.8) is 0 Å². The van der Waals surface area contributed by atoms with Gasteiger partial charge in [0.25, 0.3) is 0 Å². The Morgan fingerprint density at radius 3 is 2.37 bits per heavy atom. The molecule has 0 aromatic rings. The van der Waals surface area contributed by atoms with Crippen molar-refractivity contribution in [2.45, 2.75) is 117 Å². The van der Waals surface area contributed by atoms with Gasteiger partial charge in [0.2, 0.25) is 0 Å². The minimum atomic E-state index is -0.587. The molecule has 3 N–H and O–H groups in total. The Morgan fingerprint density at radius 2 is 1.73 bits per heavy atom. The van der Waals surface area contributed by atoms with Crippen LogP contribution in [0.3, 0.4) is 0 Å². The molecule has 0 aromatic heterocycles. The van der Waals surface area contributed by atoms with Gasteiger partial charge in [0, 0.05) is 0 Å². The fraction of sp³-hybridized carbons (Fsp3) is 0.852. The van der Waals surface area contributed by atoms with Gasteiger partial charge in [-0.15, -0.1) is 0 Å². The van der Waals surface area contributed by atoms with Crippen LogP contribution in [0.5, 0.6) is 0 Å². The lowest BCUT2D eigenvalue weighted by molar-refractivity contribution is 0.0150. The molecule has 0 radical (unpaired) electrons. The molecule has 3 aliphatic rings. The zero-order valence-electron chi connectivity index (χ0n) is 20.0. The maximum Gasteiger partial charge on any atom is 0.0617 e. The summed E-state index contributed by atoms with van der Waals surface area (Å²) in [6, 6.07) is 0. The average molecular weight is 419 g/mol. The molecule has 0 aliphatic heterocycles. The molecular formula is C27H46O3. The second-order valence-electron chi connectivity index (χ2n) is 11.7. The Hall–Kier alpha value is -0.640. The van der Waals surface area contributed by atoms with Crippen molar-refractivity contribution in [1.82, 2.24) is 0 Å². The highest BCUT2D eigenvalue weighted by Crippen LogP contribution is 2.60. The summed E-state index contributed by atoms with van der Waals surface area (Å²) < 4.78 is 0. The maximum atomic E-state index is 10.3. The predicted molar refractivity (Wildman–Crippen MR) is 124 cm³/mol. The first-order valence-electron chi connectivity index (χ1n) is 12.5. The summed E-state index contributed by atoms with van der Waals surface area (Å²) in [6.07, 6.45) is 14.5. The highest BCUT2D eigenvalue weighted by Gasteiger charge is 2.50. The van der Waals surface area contributed by atoms with E-state index in [-0.39, 0.29) is 0 Å². The third kappa shape index (κ3) is 5.40. The number of aliphatic hydroxyl groups excluding tert-OH is 2. The van der Waals surface area contributed by atoms with Crippen molar-refractivity contribution < 1.29 is 15.3 Å². The Morgan fingerprint density at radius 1 is 1.07 bits per heavy atom. The Labute approximate surface area is 184 Å². The van der Waals surface area contributed by atoms with Crippen molar-refractivity contribution in [3.05, 3.63) is 23.3 Å². The first kappa shape index (κ1) is 24.0. The van der Waals surface area contributed by atoms with Crippen molar-refractivity contribution in [1.29, 1.82) is 0 Å². The highest BCUT2D eigenvalue weighted by atomic mass is 16.3. The molecule has 0 spiro atoms. The number of allylic oxidation sites excluding steroid dienone is 3. The summed E-state index contributed by atoms with van der Waals surface area (Å²) in [5.41, 5.74) is 2.61. The van der Waals surface area contributed by atoms with Gasteiger partial charge in [-0.25, -0.2) is 0 Å². The standard InChI is InChI=1S/C27H46O3/c1-18(8-9-19(2)26(3,4)30)24-12-13-25-21(7-6-14-27(24,25)5)11-10-20-15-22(28)17-23(29)16-20/h10-11,18-19,22-25,28-30H,6-9,12-17H2,1-5H3/b21-11+/t18-,19+,22-,23-,24-,25+,27-/m1/s1. The molecule has 30 heavy (non-hydrogen) atoms. The molecule has 7 atom stereocenters. The van der Waals surface area contributed by atoms with Crippen LogP contribution in [0.15, 0.2) is 23.3 Å². The lowest BCUT2D eigenvalue weighted by Crippen LogP contribution is -2.36. The van der Waals surface area contributed by atoms with Crippen LogP contribution >= 0.6 is 0 Å². The van der Waals surface area contributed by atoms with Crippen molar-refractivity contribution >= 4 is 0 Å². The number of hydrogen-bond acceptors (Lipinski definition) is 3. The molecule has 3 aliphatic carbocycles. The van der Waals surface area contributed by atoms with Crippen LogP contribution in [0.2, 0.25) is 0 Å². The topological polar surface area (TPSA) is 60.7 Å². The maximum absolute atomic E-state index is 10.3. The molecule has 172 valence electrons.